The summed E-state index contributed by atoms with van der Waals surface area (Å²) in [5.41, 5.74) is 0.571. The van der Waals surface area contributed by atoms with Crippen LogP contribution in [0.25, 0.3) is 0 Å². The zero-order valence-electron chi connectivity index (χ0n) is 22.9. The fourth-order valence-corrected chi connectivity index (χ4v) is 5.97. The zero-order valence-corrected chi connectivity index (χ0v) is 24.5. The van der Waals surface area contributed by atoms with E-state index >= 15 is 0 Å². The Kier molecular flexibility index (Phi) is 10.2. The largest absolute Gasteiger partial charge is 0.490 e. The number of hydrogen-bond acceptors (Lipinski definition) is 8. The third-order valence-electron chi connectivity index (χ3n) is 6.42. The first-order valence-corrected chi connectivity index (χ1v) is 15.2. The number of carbonyl (C=O) groups is 2. The molecule has 0 unspecified atom stereocenters. The van der Waals surface area contributed by atoms with E-state index in [1.54, 1.807) is 24.3 Å². The lowest BCUT2D eigenvalue weighted by molar-refractivity contribution is -0.134. The van der Waals surface area contributed by atoms with E-state index in [1.165, 1.54) is 18.7 Å². The van der Waals surface area contributed by atoms with E-state index in [0.717, 1.165) is 19.3 Å². The van der Waals surface area contributed by atoms with Crippen LogP contribution in [-0.2, 0) is 19.6 Å². The van der Waals surface area contributed by atoms with E-state index < -0.39 is 15.9 Å². The number of para-hydroxylation sites is 2. The van der Waals surface area contributed by atoms with Crippen molar-refractivity contribution in [3.05, 3.63) is 58.9 Å². The number of hydrogen-bond donors (Lipinski definition) is 2. The molecule has 41 heavy (non-hydrogen) atoms. The van der Waals surface area contributed by atoms with Crippen molar-refractivity contribution in [1.82, 2.24) is 14.8 Å². The lowest BCUT2D eigenvalue weighted by Gasteiger charge is -2.23. The number of ether oxygens (including phenoxy) is 2. The van der Waals surface area contributed by atoms with Crippen molar-refractivity contribution in [2.45, 2.75) is 50.8 Å². The number of rotatable bonds is 5. The Morgan fingerprint density at radius 2 is 1.83 bits per heavy atom. The number of amides is 2. The number of nitrogens with one attached hydrogen (secondary N) is 2. The summed E-state index contributed by atoms with van der Waals surface area (Å²) in [6.45, 7) is 3.50. The molecule has 2 N–H and O–H groups in total. The Labute approximate surface area is 244 Å². The third kappa shape index (κ3) is 8.21. The smallest absolute Gasteiger partial charge is 0.245 e. The van der Waals surface area contributed by atoms with Gasteiger partial charge in [-0.1, -0.05) is 41.7 Å². The summed E-state index contributed by atoms with van der Waals surface area (Å²) in [5.74, 6) is 0.804. The van der Waals surface area contributed by atoms with Crippen LogP contribution < -0.4 is 19.5 Å². The molecule has 1 aliphatic rings. The van der Waals surface area contributed by atoms with Gasteiger partial charge in [-0.2, -0.15) is 0 Å². The van der Waals surface area contributed by atoms with Crippen LogP contribution in [0, 0.1) is 13.8 Å². The van der Waals surface area contributed by atoms with E-state index in [2.05, 4.69) is 15.2 Å². The monoisotopic (exact) mass is 604 g/mol. The van der Waals surface area contributed by atoms with E-state index in [0.29, 0.717) is 47.5 Å². The second-order valence-corrected chi connectivity index (χ2v) is 11.8. The number of halogens is 1. The van der Waals surface area contributed by atoms with Crippen LogP contribution in [0.1, 0.15) is 43.6 Å². The first kappa shape index (κ1) is 30.4. The number of benzene rings is 2. The molecule has 0 bridgehead atoms. The van der Waals surface area contributed by atoms with Crippen molar-refractivity contribution in [3.8, 4) is 17.2 Å². The van der Waals surface area contributed by atoms with Gasteiger partial charge >= 0.3 is 0 Å². The molecule has 1 aliphatic heterocycles. The normalized spacial score (nSPS) is 15.2. The molecule has 0 aliphatic carbocycles. The van der Waals surface area contributed by atoms with Gasteiger partial charge in [0.25, 0.3) is 0 Å². The molecule has 0 saturated carbocycles. The summed E-state index contributed by atoms with van der Waals surface area (Å²) in [4.78, 5) is 27.6. The summed E-state index contributed by atoms with van der Waals surface area (Å²) in [7, 11) is -3.92. The van der Waals surface area contributed by atoms with E-state index in [4.69, 9.17) is 25.6 Å². The lowest BCUT2D eigenvalue weighted by atomic mass is 10.2. The highest BCUT2D eigenvalue weighted by Gasteiger charge is 2.25. The molecular weight excluding hydrogens is 572 g/mol. The van der Waals surface area contributed by atoms with Crippen LogP contribution in [0.5, 0.6) is 17.2 Å². The van der Waals surface area contributed by atoms with Gasteiger partial charge in [-0.15, -0.1) is 0 Å². The van der Waals surface area contributed by atoms with Gasteiger partial charge in [-0.05, 0) is 57.0 Å². The van der Waals surface area contributed by atoms with Crippen molar-refractivity contribution in [1.29, 1.82) is 0 Å². The predicted molar refractivity (Wildman–Crippen MR) is 153 cm³/mol. The number of carbonyl (C=O) groups excluding carboxylic acids is 2. The summed E-state index contributed by atoms with van der Waals surface area (Å²) in [5, 5.41) is 6.87. The second-order valence-electron chi connectivity index (χ2n) is 9.62. The maximum absolute atomic E-state index is 13.1. The maximum atomic E-state index is 13.1. The predicted octanol–water partition coefficient (Wildman–Crippen LogP) is 4.83. The Hall–Kier alpha value is -3.61. The van der Waals surface area contributed by atoms with Gasteiger partial charge in [0.15, 0.2) is 23.0 Å². The minimum Gasteiger partial charge on any atom is -0.490 e. The highest BCUT2D eigenvalue weighted by atomic mass is 35.5. The quantitative estimate of drug-likeness (QED) is 0.422. The van der Waals surface area contributed by atoms with Gasteiger partial charge in [0.05, 0.1) is 18.8 Å². The molecule has 220 valence electrons. The van der Waals surface area contributed by atoms with E-state index in [-0.39, 0.29) is 41.8 Å². The first-order chi connectivity index (χ1) is 19.6. The third-order valence-corrected chi connectivity index (χ3v) is 8.36. The Morgan fingerprint density at radius 3 is 2.59 bits per heavy atom. The van der Waals surface area contributed by atoms with Crippen LogP contribution in [0.2, 0.25) is 5.02 Å². The molecule has 0 atom stereocenters. The van der Waals surface area contributed by atoms with Crippen molar-refractivity contribution >= 4 is 39.1 Å². The molecule has 0 saturated heterocycles. The van der Waals surface area contributed by atoms with Gasteiger partial charge in [-0.25, -0.2) is 13.1 Å². The highest BCUT2D eigenvalue weighted by Crippen LogP contribution is 2.36. The van der Waals surface area contributed by atoms with Gasteiger partial charge in [-0.3, -0.25) is 9.59 Å². The molecule has 2 heterocycles. The van der Waals surface area contributed by atoms with Gasteiger partial charge in [0.1, 0.15) is 10.6 Å². The maximum Gasteiger partial charge on any atom is 0.245 e. The van der Waals surface area contributed by atoms with Crippen LogP contribution in [0.4, 0.5) is 5.69 Å². The highest BCUT2D eigenvalue weighted by molar-refractivity contribution is 7.89. The number of anilines is 1. The summed E-state index contributed by atoms with van der Waals surface area (Å²) < 4.78 is 44.8. The average Bonchev–Trinajstić information content (AvgIpc) is 3.27. The number of aromatic nitrogens is 1. The average molecular weight is 605 g/mol. The molecule has 0 spiro atoms. The lowest BCUT2D eigenvalue weighted by Crippen LogP contribution is -2.40. The molecule has 4 rings (SSSR count). The Balaban J connectivity index is 1.47. The van der Waals surface area contributed by atoms with Gasteiger partial charge in [0, 0.05) is 24.5 Å². The Morgan fingerprint density at radius 1 is 1.07 bits per heavy atom. The Bertz CT molecular complexity index is 1470. The van der Waals surface area contributed by atoms with E-state index in [1.807, 2.05) is 18.2 Å². The van der Waals surface area contributed by atoms with Crippen LogP contribution in [0.15, 0.2) is 51.9 Å². The number of sulfonamides is 1. The van der Waals surface area contributed by atoms with Gasteiger partial charge in [0.2, 0.25) is 21.8 Å². The van der Waals surface area contributed by atoms with Crippen molar-refractivity contribution in [3.63, 3.8) is 0 Å². The molecule has 0 fully saturated rings. The SMILES string of the molecule is Cc1noc(C)c1S(=O)(=O)NCCC(=O)N1CCCCCCOc2ccccc2Oc2ccc(Cl)cc2NC(=O)C1. The molecule has 1 aromatic heterocycles. The summed E-state index contributed by atoms with van der Waals surface area (Å²) in [6.07, 6.45) is 3.04. The standard InChI is InChI=1S/C28H33ClN4O7S/c1-19-28(20(2)40-32-19)41(36,37)30-14-13-27(35)33-15-7-3-4-8-16-38-24-9-5-6-10-25(24)39-23-12-11-21(29)17-22(23)31-26(34)18-33/h5-6,9-12,17,30H,3-4,7-8,13-16,18H2,1-2H3,(H,31,34). The molecule has 11 nitrogen and oxygen atoms in total. The molecule has 13 heteroatoms. The van der Waals surface area contributed by atoms with E-state index in [9.17, 15) is 18.0 Å². The second kappa shape index (κ2) is 13.8. The summed E-state index contributed by atoms with van der Waals surface area (Å²) >= 11 is 6.21. The molecular formula is C28H33ClN4O7S. The van der Waals surface area contributed by atoms with Crippen molar-refractivity contribution < 1.29 is 32.0 Å². The minimum absolute atomic E-state index is 0.0412. The molecule has 3 aromatic rings. The van der Waals surface area contributed by atoms with Crippen LogP contribution >= 0.6 is 11.6 Å². The molecule has 0 radical (unpaired) electrons. The fraction of sp³-hybridized carbons (Fsp3) is 0.393. The zero-order chi connectivity index (χ0) is 29.4. The van der Waals surface area contributed by atoms with Crippen molar-refractivity contribution in [2.24, 2.45) is 0 Å². The fourth-order valence-electron chi connectivity index (χ4n) is 4.44. The molecule has 2 amide bonds. The van der Waals surface area contributed by atoms with Gasteiger partial charge < -0.3 is 24.2 Å². The topological polar surface area (TPSA) is 140 Å². The van der Waals surface area contributed by atoms with Crippen LogP contribution in [0.3, 0.4) is 0 Å². The first-order valence-electron chi connectivity index (χ1n) is 13.3. The number of aryl methyl sites for hydroxylation is 2. The minimum atomic E-state index is -3.92. The number of nitrogens with zero attached hydrogens (tertiary/aromatic N) is 2. The van der Waals surface area contributed by atoms with Crippen LogP contribution in [-0.4, -0.2) is 56.5 Å². The number of fused-ring (bicyclic) bond motifs is 2. The molecule has 2 aromatic carbocycles. The summed E-state index contributed by atoms with van der Waals surface area (Å²) in [6, 6.07) is 12.1. The van der Waals surface area contributed by atoms with Crippen molar-refractivity contribution in [2.75, 3.05) is 31.6 Å².